The largest absolute Gasteiger partial charge is 0.340 e. The van der Waals surface area contributed by atoms with Crippen molar-refractivity contribution in [3.8, 4) is 0 Å². The van der Waals surface area contributed by atoms with E-state index in [1.165, 1.54) is 0 Å². The molecule has 0 bridgehead atoms. The average molecular weight is 533 g/mol. The van der Waals surface area contributed by atoms with Crippen molar-refractivity contribution < 1.29 is 66.4 Å². The molecule has 0 saturated carbocycles. The van der Waals surface area contributed by atoms with Gasteiger partial charge in [-0.05, 0) is 0 Å². The summed E-state index contributed by atoms with van der Waals surface area (Å²) < 4.78 is 178. The van der Waals surface area contributed by atoms with Crippen molar-refractivity contribution in [3.63, 3.8) is 0 Å². The maximum atomic E-state index is 13.5. The van der Waals surface area contributed by atoms with Gasteiger partial charge in [-0.25, -0.2) is 0 Å². The molecule has 0 unspecified atom stereocenters. The standard InChI is InChI=1S/C6F5NO12S5/c7-25(15,16)2-1(12(13)14)3(26(8,17)18)5(28(10,21)22)6(29(11,23)24)4(2)27(9,19)20. The Morgan fingerprint density at radius 1 is 0.483 bits per heavy atom. The van der Waals surface area contributed by atoms with E-state index in [4.69, 9.17) is 0 Å². The third-order valence-corrected chi connectivity index (χ3v) is 7.63. The minimum absolute atomic E-state index is 2.53. The summed E-state index contributed by atoms with van der Waals surface area (Å²) in [6.45, 7) is 0. The average Bonchev–Trinajstić information content (AvgIpc) is 2.38. The van der Waals surface area contributed by atoms with E-state index in [2.05, 4.69) is 0 Å². The van der Waals surface area contributed by atoms with E-state index in [-0.39, 0.29) is 0 Å². The lowest BCUT2D eigenvalue weighted by Crippen LogP contribution is -2.19. The lowest BCUT2D eigenvalue weighted by atomic mass is 10.3. The first-order valence-corrected chi connectivity index (χ1v) is 12.5. The summed E-state index contributed by atoms with van der Waals surface area (Å²) in [5.74, 6) is 0. The molecule has 1 aromatic rings. The quantitative estimate of drug-likeness (QED) is 0.203. The smallest absolute Gasteiger partial charge is 0.258 e. The van der Waals surface area contributed by atoms with Crippen LogP contribution in [0.4, 0.5) is 25.1 Å². The molecule has 29 heavy (non-hydrogen) atoms. The van der Waals surface area contributed by atoms with Crippen LogP contribution >= 0.6 is 0 Å². The van der Waals surface area contributed by atoms with Crippen LogP contribution in [0.25, 0.3) is 0 Å². The van der Waals surface area contributed by atoms with Crippen LogP contribution < -0.4 is 0 Å². The third-order valence-electron chi connectivity index (χ3n) is 2.66. The predicted octanol–water partition coefficient (Wildman–Crippen LogP) is -0.114. The number of nitro benzene ring substituents is 1. The van der Waals surface area contributed by atoms with E-state index in [9.17, 15) is 71.6 Å². The van der Waals surface area contributed by atoms with Gasteiger partial charge < -0.3 is 0 Å². The molecule has 1 rings (SSSR count). The van der Waals surface area contributed by atoms with Gasteiger partial charge >= 0.3 is 56.8 Å². The van der Waals surface area contributed by atoms with E-state index in [1.807, 2.05) is 0 Å². The molecule has 0 atom stereocenters. The maximum absolute atomic E-state index is 13.5. The number of hydrogen-bond donors (Lipinski definition) is 0. The summed E-state index contributed by atoms with van der Waals surface area (Å²) in [6.07, 6.45) is 0. The Kier molecular flexibility index (Phi) is 5.86. The number of hydrogen-bond acceptors (Lipinski definition) is 12. The SMILES string of the molecule is O=[N+]([O-])c1c(S(=O)(=O)F)c(S(=O)(=O)F)c(S(=O)(=O)F)c(S(=O)(=O)F)c1S(=O)(=O)F. The first kappa shape index (κ1) is 25.1. The monoisotopic (exact) mass is 533 g/mol. The topological polar surface area (TPSA) is 214 Å². The highest BCUT2D eigenvalue weighted by Gasteiger charge is 2.52. The highest BCUT2D eigenvalue weighted by molar-refractivity contribution is 7.93. The lowest BCUT2D eigenvalue weighted by Gasteiger charge is -2.13. The summed E-state index contributed by atoms with van der Waals surface area (Å²) in [5, 5.41) is 10.9. The zero-order valence-electron chi connectivity index (χ0n) is 12.3. The van der Waals surface area contributed by atoms with Gasteiger partial charge in [0.25, 0.3) is 0 Å². The van der Waals surface area contributed by atoms with Gasteiger partial charge in [-0.2, -0.15) is 42.1 Å². The molecule has 0 spiro atoms. The van der Waals surface area contributed by atoms with Gasteiger partial charge in [0.15, 0.2) is 0 Å². The minimum Gasteiger partial charge on any atom is -0.258 e. The predicted molar refractivity (Wildman–Crippen MR) is 74.6 cm³/mol. The van der Waals surface area contributed by atoms with Crippen LogP contribution in [0, 0.1) is 10.1 Å². The van der Waals surface area contributed by atoms with Gasteiger partial charge in [-0.1, -0.05) is 0 Å². The Bertz CT molecular complexity index is 1380. The number of halogens is 5. The first-order valence-electron chi connectivity index (χ1n) is 5.55. The van der Waals surface area contributed by atoms with Crippen molar-refractivity contribution in [1.82, 2.24) is 0 Å². The zero-order chi connectivity index (χ0) is 23.5. The normalized spacial score (nSPS) is 14.0. The van der Waals surface area contributed by atoms with E-state index in [1.54, 1.807) is 0 Å². The zero-order valence-corrected chi connectivity index (χ0v) is 16.4. The number of rotatable bonds is 6. The molecule has 0 saturated heterocycles. The lowest BCUT2D eigenvalue weighted by molar-refractivity contribution is -0.391. The molecule has 0 fully saturated rings. The fourth-order valence-electron chi connectivity index (χ4n) is 1.91. The second kappa shape index (κ2) is 6.78. The molecule has 166 valence electrons. The Morgan fingerprint density at radius 3 is 0.793 bits per heavy atom. The molecule has 23 heteroatoms. The molecule has 1 aromatic carbocycles. The number of benzene rings is 1. The molecular weight excluding hydrogens is 533 g/mol. The third kappa shape index (κ3) is 4.78. The van der Waals surface area contributed by atoms with Crippen LogP contribution in [0.15, 0.2) is 24.5 Å². The summed E-state index contributed by atoms with van der Waals surface area (Å²) in [7, 11) is -36.0. The second-order valence-corrected chi connectivity index (χ2v) is 10.9. The number of nitro groups is 1. The van der Waals surface area contributed by atoms with Crippen LogP contribution in [0.2, 0.25) is 0 Å². The minimum atomic E-state index is -7.26. The van der Waals surface area contributed by atoms with Gasteiger partial charge in [0.1, 0.15) is 14.7 Å². The Balaban J connectivity index is 5.20. The van der Waals surface area contributed by atoms with Crippen molar-refractivity contribution in [1.29, 1.82) is 0 Å². The van der Waals surface area contributed by atoms with Crippen LogP contribution in [-0.2, 0) is 51.1 Å². The fourth-order valence-corrected chi connectivity index (χ4v) is 7.95. The Hall–Kier alpha value is -1.98. The van der Waals surface area contributed by atoms with Crippen LogP contribution in [0.1, 0.15) is 0 Å². The van der Waals surface area contributed by atoms with Gasteiger partial charge in [0, 0.05) is 0 Å². The van der Waals surface area contributed by atoms with Crippen molar-refractivity contribution in [2.45, 2.75) is 24.5 Å². The molecule has 0 radical (unpaired) electrons. The highest BCUT2D eigenvalue weighted by Crippen LogP contribution is 2.48. The van der Waals surface area contributed by atoms with Crippen LogP contribution in [0.3, 0.4) is 0 Å². The summed E-state index contributed by atoms with van der Waals surface area (Å²) in [6, 6.07) is 0. The van der Waals surface area contributed by atoms with Crippen molar-refractivity contribution in [2.75, 3.05) is 0 Å². The molecule has 0 aliphatic rings. The molecular formula is C6F5NO12S5. The second-order valence-electron chi connectivity index (χ2n) is 4.44. The van der Waals surface area contributed by atoms with E-state index in [0.29, 0.717) is 0 Å². The van der Waals surface area contributed by atoms with Crippen molar-refractivity contribution >= 4 is 56.8 Å². The summed E-state index contributed by atoms with van der Waals surface area (Å²) in [4.78, 5) is -9.06. The molecule has 0 heterocycles. The maximum Gasteiger partial charge on any atom is 0.340 e. The van der Waals surface area contributed by atoms with Crippen molar-refractivity contribution in [2.24, 2.45) is 0 Å². The van der Waals surface area contributed by atoms with Crippen LogP contribution in [0.5, 0.6) is 0 Å². The van der Waals surface area contributed by atoms with E-state index >= 15 is 0 Å². The van der Waals surface area contributed by atoms with Gasteiger partial charge in [0.2, 0.25) is 9.79 Å². The molecule has 0 N–H and O–H groups in total. The summed E-state index contributed by atoms with van der Waals surface area (Å²) in [5.41, 5.74) is -3.27. The van der Waals surface area contributed by atoms with Gasteiger partial charge in [0.05, 0.1) is 4.92 Å². The molecule has 0 aromatic heterocycles. The first-order chi connectivity index (χ1) is 12.4. The molecule has 0 aliphatic carbocycles. The number of nitrogens with zero attached hydrogens (tertiary/aromatic N) is 1. The van der Waals surface area contributed by atoms with Gasteiger partial charge in [-0.3, -0.25) is 10.1 Å². The Labute approximate surface area is 158 Å². The van der Waals surface area contributed by atoms with E-state index < -0.39 is 86.2 Å². The summed E-state index contributed by atoms with van der Waals surface area (Å²) >= 11 is 0. The van der Waals surface area contributed by atoms with E-state index in [0.717, 1.165) is 0 Å². The van der Waals surface area contributed by atoms with Crippen LogP contribution in [-0.4, -0.2) is 47.0 Å². The Morgan fingerprint density at radius 2 is 0.655 bits per heavy atom. The molecule has 13 nitrogen and oxygen atoms in total. The molecule has 0 amide bonds. The van der Waals surface area contributed by atoms with Gasteiger partial charge in [-0.15, -0.1) is 19.4 Å². The highest BCUT2D eigenvalue weighted by atomic mass is 32.3. The van der Waals surface area contributed by atoms with Crippen molar-refractivity contribution in [3.05, 3.63) is 10.1 Å². The fraction of sp³-hybridized carbons (Fsp3) is 0. The molecule has 0 aliphatic heterocycles.